The largest absolute Gasteiger partial charge is 0.460 e. The lowest BCUT2D eigenvalue weighted by atomic mass is 10.2. The molecule has 0 N–H and O–H groups in total. The molecule has 0 aliphatic rings. The molecule has 236 valence electrons. The van der Waals surface area contributed by atoms with Crippen molar-refractivity contribution in [1.82, 2.24) is 4.90 Å². The number of ether oxygens (including phenoxy) is 10. The highest BCUT2D eigenvalue weighted by molar-refractivity contribution is 5.81. The molecule has 0 spiro atoms. The monoisotopic (exact) mass is 581 g/mol. The van der Waals surface area contributed by atoms with Gasteiger partial charge in [0.05, 0.1) is 106 Å². The van der Waals surface area contributed by atoms with Crippen molar-refractivity contribution >= 4 is 12.1 Å². The molecule has 0 aliphatic heterocycles. The average Bonchev–Trinajstić information content (AvgIpc) is 2.91. The number of nitrogens with zero attached hydrogens (tertiary/aromatic N) is 1. The minimum atomic E-state index is -0.511. The molecular formula is C27H51NO12. The van der Waals surface area contributed by atoms with E-state index in [9.17, 15) is 9.59 Å². The molecule has 0 rings (SSSR count). The number of amides is 1. The van der Waals surface area contributed by atoms with E-state index in [0.29, 0.717) is 112 Å². The molecule has 0 saturated carbocycles. The summed E-state index contributed by atoms with van der Waals surface area (Å²) in [4.78, 5) is 24.1. The molecule has 1 amide bonds. The maximum absolute atomic E-state index is 11.8. The molecule has 0 unspecified atom stereocenters. The first kappa shape index (κ1) is 38.2. The molecule has 13 nitrogen and oxygen atoms in total. The van der Waals surface area contributed by atoms with Gasteiger partial charge in [0.15, 0.2) is 0 Å². The van der Waals surface area contributed by atoms with Crippen LogP contribution in [0.25, 0.3) is 0 Å². The van der Waals surface area contributed by atoms with Crippen molar-refractivity contribution in [3.63, 3.8) is 0 Å². The first-order valence-corrected chi connectivity index (χ1v) is 13.6. The zero-order valence-corrected chi connectivity index (χ0v) is 24.9. The third-order valence-electron chi connectivity index (χ3n) is 4.52. The van der Waals surface area contributed by atoms with E-state index in [4.69, 9.17) is 47.4 Å². The number of carbonyl (C=O) groups excluding carboxylic acids is 2. The van der Waals surface area contributed by atoms with Crippen LogP contribution in [0.4, 0.5) is 4.79 Å². The fourth-order valence-electron chi connectivity index (χ4n) is 2.53. The van der Waals surface area contributed by atoms with Gasteiger partial charge in [0.1, 0.15) is 12.2 Å². The van der Waals surface area contributed by atoms with Crippen molar-refractivity contribution in [1.29, 1.82) is 0 Å². The summed E-state index contributed by atoms with van der Waals surface area (Å²) in [6.07, 6.45) is 0.743. The van der Waals surface area contributed by atoms with E-state index in [1.54, 1.807) is 7.05 Å². The van der Waals surface area contributed by atoms with Crippen molar-refractivity contribution in [3.05, 3.63) is 12.7 Å². The lowest BCUT2D eigenvalue weighted by Gasteiger charge is -2.24. The lowest BCUT2D eigenvalue weighted by Crippen LogP contribution is -2.36. The quantitative estimate of drug-likeness (QED) is 0.0758. The topological polar surface area (TPSA) is 130 Å². The van der Waals surface area contributed by atoms with E-state index in [1.807, 2.05) is 20.8 Å². The van der Waals surface area contributed by atoms with Crippen LogP contribution >= 0.6 is 0 Å². The Morgan fingerprint density at radius 2 is 0.875 bits per heavy atom. The molecule has 0 aromatic carbocycles. The van der Waals surface area contributed by atoms with Crippen LogP contribution in [0.15, 0.2) is 12.7 Å². The van der Waals surface area contributed by atoms with E-state index in [1.165, 1.54) is 4.90 Å². The average molecular weight is 582 g/mol. The fourth-order valence-corrected chi connectivity index (χ4v) is 2.53. The van der Waals surface area contributed by atoms with Gasteiger partial charge in [-0.25, -0.2) is 9.59 Å². The van der Waals surface area contributed by atoms with Gasteiger partial charge in [0.25, 0.3) is 0 Å². The normalized spacial score (nSPS) is 11.4. The molecule has 0 atom stereocenters. The molecule has 0 aliphatic carbocycles. The molecular weight excluding hydrogens is 530 g/mol. The third kappa shape index (κ3) is 29.2. The summed E-state index contributed by atoms with van der Waals surface area (Å²) in [5.74, 6) is -0.462. The third-order valence-corrected chi connectivity index (χ3v) is 4.52. The minimum Gasteiger partial charge on any atom is -0.460 e. The van der Waals surface area contributed by atoms with Gasteiger partial charge in [-0.2, -0.15) is 0 Å². The summed E-state index contributed by atoms with van der Waals surface area (Å²) < 4.78 is 53.3. The van der Waals surface area contributed by atoms with Crippen LogP contribution in [0.2, 0.25) is 0 Å². The number of carbonyl (C=O) groups is 2. The van der Waals surface area contributed by atoms with Gasteiger partial charge in [-0.3, -0.25) is 0 Å². The maximum Gasteiger partial charge on any atom is 0.410 e. The van der Waals surface area contributed by atoms with E-state index in [-0.39, 0.29) is 12.7 Å². The van der Waals surface area contributed by atoms with Gasteiger partial charge in [-0.1, -0.05) is 6.58 Å². The summed E-state index contributed by atoms with van der Waals surface area (Å²) >= 11 is 0. The summed E-state index contributed by atoms with van der Waals surface area (Å²) in [7, 11) is 1.68. The Labute approximate surface area is 239 Å². The van der Waals surface area contributed by atoms with E-state index in [2.05, 4.69) is 6.58 Å². The summed E-state index contributed by atoms with van der Waals surface area (Å²) in [5, 5.41) is 0. The van der Waals surface area contributed by atoms with Crippen molar-refractivity contribution < 1.29 is 57.0 Å². The molecule has 0 radical (unpaired) electrons. The van der Waals surface area contributed by atoms with Crippen molar-refractivity contribution in [3.8, 4) is 0 Å². The van der Waals surface area contributed by atoms with Gasteiger partial charge >= 0.3 is 12.1 Å². The first-order valence-electron chi connectivity index (χ1n) is 13.6. The number of esters is 1. The molecule has 13 heteroatoms. The molecule has 40 heavy (non-hydrogen) atoms. The Bertz CT molecular complexity index is 615. The molecule has 0 bridgehead atoms. The van der Waals surface area contributed by atoms with Gasteiger partial charge in [0, 0.05) is 19.7 Å². The molecule has 0 heterocycles. The van der Waals surface area contributed by atoms with Crippen LogP contribution in [0, 0.1) is 0 Å². The van der Waals surface area contributed by atoms with Crippen LogP contribution in [-0.4, -0.2) is 148 Å². The summed E-state index contributed by atoms with van der Waals surface area (Å²) in [5.41, 5.74) is -0.511. The van der Waals surface area contributed by atoms with Gasteiger partial charge in [-0.05, 0) is 20.8 Å². The lowest BCUT2D eigenvalue weighted by molar-refractivity contribution is -0.139. The van der Waals surface area contributed by atoms with Gasteiger partial charge in [0.2, 0.25) is 0 Å². The second kappa shape index (κ2) is 27.3. The van der Waals surface area contributed by atoms with E-state index in [0.717, 1.165) is 6.08 Å². The summed E-state index contributed by atoms with van der Waals surface area (Å²) in [6, 6.07) is 0. The Kier molecular flexibility index (Phi) is 26.1. The van der Waals surface area contributed by atoms with E-state index < -0.39 is 11.6 Å². The smallest absolute Gasteiger partial charge is 0.410 e. The number of hydrogen-bond acceptors (Lipinski definition) is 12. The van der Waals surface area contributed by atoms with Gasteiger partial charge < -0.3 is 52.3 Å². The number of hydrogen-bond donors (Lipinski definition) is 0. The van der Waals surface area contributed by atoms with Crippen LogP contribution in [0.1, 0.15) is 20.8 Å². The standard InChI is InChI=1S/C27H51NO12/c1-6-25(29)39-24-23-38-22-21-37-20-19-36-18-17-35-16-15-34-14-13-33-12-11-32-10-9-31-8-7-28(5)26(30)40-27(2,3)4/h6H,1,7-24H2,2-5H3. The molecule has 0 aromatic heterocycles. The van der Waals surface area contributed by atoms with E-state index >= 15 is 0 Å². The van der Waals surface area contributed by atoms with Crippen molar-refractivity contribution in [2.24, 2.45) is 0 Å². The maximum atomic E-state index is 11.8. The highest BCUT2D eigenvalue weighted by atomic mass is 16.6. The SMILES string of the molecule is C=CC(=O)OCCOCCOCCOCCOCCOCCOCCOCCOCCN(C)C(=O)OC(C)(C)C. The Morgan fingerprint density at radius 1 is 0.575 bits per heavy atom. The Balaban J connectivity index is 3.18. The number of rotatable bonds is 28. The Hall–Kier alpha value is -1.84. The Morgan fingerprint density at radius 3 is 1.18 bits per heavy atom. The fraction of sp³-hybridized carbons (Fsp3) is 0.852. The van der Waals surface area contributed by atoms with Crippen molar-refractivity contribution in [2.75, 3.05) is 126 Å². The molecule has 0 aromatic rings. The first-order chi connectivity index (χ1) is 19.3. The zero-order chi connectivity index (χ0) is 29.7. The predicted molar refractivity (Wildman–Crippen MR) is 147 cm³/mol. The highest BCUT2D eigenvalue weighted by Crippen LogP contribution is 2.08. The minimum absolute atomic E-state index is 0.195. The molecule has 0 saturated heterocycles. The second-order valence-corrected chi connectivity index (χ2v) is 9.17. The number of likely N-dealkylation sites (N-methyl/N-ethyl adjacent to an activating group) is 1. The van der Waals surface area contributed by atoms with Crippen LogP contribution in [0.5, 0.6) is 0 Å². The van der Waals surface area contributed by atoms with Crippen LogP contribution in [-0.2, 0) is 52.2 Å². The van der Waals surface area contributed by atoms with Crippen LogP contribution < -0.4 is 0 Å². The van der Waals surface area contributed by atoms with Crippen LogP contribution in [0.3, 0.4) is 0 Å². The zero-order valence-electron chi connectivity index (χ0n) is 24.9. The van der Waals surface area contributed by atoms with Gasteiger partial charge in [-0.15, -0.1) is 0 Å². The highest BCUT2D eigenvalue weighted by Gasteiger charge is 2.19. The second-order valence-electron chi connectivity index (χ2n) is 9.17. The predicted octanol–water partition coefficient (Wildman–Crippen LogP) is 1.72. The molecule has 0 fully saturated rings. The van der Waals surface area contributed by atoms with Crippen molar-refractivity contribution in [2.45, 2.75) is 26.4 Å². The summed E-state index contributed by atoms with van der Waals surface area (Å²) in [6.45, 7) is 16.7.